The number of aromatic amines is 1. The number of halogens is 2. The number of allylic oxidation sites excluding steroid dienone is 4. The van der Waals surface area contributed by atoms with Crippen LogP contribution >= 0.6 is 11.6 Å². The Labute approximate surface area is 165 Å². The van der Waals surface area contributed by atoms with E-state index in [9.17, 15) is 9.18 Å². The number of fused-ring (bicyclic) bond motifs is 1. The fourth-order valence-electron chi connectivity index (χ4n) is 3.18. The molecule has 0 fully saturated rings. The number of nitrogens with zero attached hydrogens (tertiary/aromatic N) is 3. The van der Waals surface area contributed by atoms with Crippen molar-refractivity contribution in [3.63, 3.8) is 0 Å². The summed E-state index contributed by atoms with van der Waals surface area (Å²) in [5.41, 5.74) is 2.16. The van der Waals surface area contributed by atoms with Gasteiger partial charge in [-0.2, -0.15) is 0 Å². The molecule has 142 valence electrons. The number of aromatic nitrogens is 4. The molecule has 1 aliphatic rings. The molecule has 0 radical (unpaired) electrons. The van der Waals surface area contributed by atoms with Gasteiger partial charge < -0.3 is 10.3 Å². The summed E-state index contributed by atoms with van der Waals surface area (Å²) >= 11 is 6.08. The van der Waals surface area contributed by atoms with E-state index >= 15 is 0 Å². The zero-order valence-electron chi connectivity index (χ0n) is 15.1. The summed E-state index contributed by atoms with van der Waals surface area (Å²) in [7, 11) is 0. The molecule has 4 rings (SSSR count). The van der Waals surface area contributed by atoms with Crippen LogP contribution < -0.4 is 10.9 Å². The fraction of sp³-hybridized carbons (Fsp3) is 0.200. The number of aryl methyl sites for hydroxylation is 1. The van der Waals surface area contributed by atoms with E-state index in [1.165, 1.54) is 12.4 Å². The van der Waals surface area contributed by atoms with Crippen LogP contribution in [-0.2, 0) is 6.42 Å². The van der Waals surface area contributed by atoms with Crippen LogP contribution in [-0.4, -0.2) is 19.9 Å². The largest absolute Gasteiger partial charge is 0.338 e. The number of rotatable bonds is 4. The Morgan fingerprint density at radius 3 is 3.00 bits per heavy atom. The number of anilines is 2. The lowest BCUT2D eigenvalue weighted by atomic mass is 9.98. The van der Waals surface area contributed by atoms with Gasteiger partial charge in [0.2, 0.25) is 0 Å². The third kappa shape index (κ3) is 3.41. The zero-order chi connectivity index (χ0) is 19.7. The second-order valence-electron chi connectivity index (χ2n) is 6.41. The number of hydrogen-bond donors (Lipinski definition) is 2. The normalized spacial score (nSPS) is 14.3. The molecule has 0 saturated heterocycles. The summed E-state index contributed by atoms with van der Waals surface area (Å²) in [6.45, 7) is 1.92. The van der Waals surface area contributed by atoms with E-state index < -0.39 is 0 Å². The second-order valence-corrected chi connectivity index (χ2v) is 6.89. The van der Waals surface area contributed by atoms with E-state index in [-0.39, 0.29) is 28.9 Å². The average molecular weight is 398 g/mol. The van der Waals surface area contributed by atoms with Crippen molar-refractivity contribution >= 4 is 39.6 Å². The van der Waals surface area contributed by atoms with Crippen molar-refractivity contribution in [1.29, 1.82) is 0 Å². The van der Waals surface area contributed by atoms with E-state index in [0.29, 0.717) is 35.1 Å². The predicted molar refractivity (Wildman–Crippen MR) is 108 cm³/mol. The first kappa shape index (κ1) is 18.3. The van der Waals surface area contributed by atoms with Crippen molar-refractivity contribution in [2.24, 2.45) is 0 Å². The highest BCUT2D eigenvalue weighted by molar-refractivity contribution is 6.30. The molecule has 3 aromatic heterocycles. The van der Waals surface area contributed by atoms with Crippen LogP contribution in [0.4, 0.5) is 15.9 Å². The van der Waals surface area contributed by atoms with Gasteiger partial charge in [-0.05, 0) is 31.1 Å². The molecule has 3 heterocycles. The lowest BCUT2D eigenvalue weighted by molar-refractivity contribution is 0.590. The Hall–Kier alpha value is -3.06. The van der Waals surface area contributed by atoms with E-state index in [4.69, 9.17) is 11.6 Å². The maximum absolute atomic E-state index is 14.4. The van der Waals surface area contributed by atoms with Crippen molar-refractivity contribution in [2.75, 3.05) is 5.32 Å². The number of pyridine rings is 2. The second kappa shape index (κ2) is 7.52. The monoisotopic (exact) mass is 397 g/mol. The Balaban J connectivity index is 1.84. The van der Waals surface area contributed by atoms with Crippen LogP contribution in [0.25, 0.3) is 16.5 Å². The van der Waals surface area contributed by atoms with Gasteiger partial charge in [0, 0.05) is 35.1 Å². The molecule has 8 heteroatoms. The number of hydrogen-bond acceptors (Lipinski definition) is 5. The van der Waals surface area contributed by atoms with E-state index in [2.05, 4.69) is 25.3 Å². The molecular formula is C20H17ClFN5O. The van der Waals surface area contributed by atoms with Gasteiger partial charge in [0.15, 0.2) is 0 Å². The summed E-state index contributed by atoms with van der Waals surface area (Å²) in [6, 6.07) is 3.43. The van der Waals surface area contributed by atoms with Gasteiger partial charge in [-0.1, -0.05) is 18.5 Å². The molecule has 0 bridgehead atoms. The zero-order valence-corrected chi connectivity index (χ0v) is 15.8. The Kier molecular flexibility index (Phi) is 4.92. The minimum absolute atomic E-state index is 0.185. The quantitative estimate of drug-likeness (QED) is 0.671. The lowest BCUT2D eigenvalue weighted by Gasteiger charge is -2.16. The average Bonchev–Trinajstić information content (AvgIpc) is 2.71. The smallest absolute Gasteiger partial charge is 0.256 e. The van der Waals surface area contributed by atoms with Crippen molar-refractivity contribution < 1.29 is 4.39 Å². The number of nitrogens with one attached hydrogen (secondary N) is 2. The Bertz CT molecular complexity index is 1180. The van der Waals surface area contributed by atoms with E-state index in [1.54, 1.807) is 24.5 Å². The predicted octanol–water partition coefficient (Wildman–Crippen LogP) is 4.62. The summed E-state index contributed by atoms with van der Waals surface area (Å²) < 4.78 is 14.4. The molecule has 0 saturated carbocycles. The Morgan fingerprint density at radius 1 is 1.32 bits per heavy atom. The first-order valence-corrected chi connectivity index (χ1v) is 9.27. The van der Waals surface area contributed by atoms with Crippen molar-refractivity contribution in [1.82, 2.24) is 19.9 Å². The molecular weight excluding hydrogens is 381 g/mol. The van der Waals surface area contributed by atoms with Gasteiger partial charge in [0.25, 0.3) is 5.56 Å². The Morgan fingerprint density at radius 2 is 2.18 bits per heavy atom. The third-order valence-corrected chi connectivity index (χ3v) is 4.93. The van der Waals surface area contributed by atoms with E-state index in [0.717, 1.165) is 10.9 Å². The highest BCUT2D eigenvalue weighted by Gasteiger charge is 2.19. The minimum atomic E-state index is -0.357. The molecule has 0 aliphatic heterocycles. The SMILES string of the molecule is CCc1[nH]c(=O)c(C2=C(F)CCC(Cl)=C2)cc1Nc1ncnc2ccncc12. The molecule has 0 aromatic carbocycles. The molecule has 1 aliphatic carbocycles. The third-order valence-electron chi connectivity index (χ3n) is 4.63. The topological polar surface area (TPSA) is 83.6 Å². The maximum Gasteiger partial charge on any atom is 0.256 e. The summed E-state index contributed by atoms with van der Waals surface area (Å²) in [5.74, 6) is 0.208. The first-order chi connectivity index (χ1) is 13.6. The molecule has 28 heavy (non-hydrogen) atoms. The van der Waals surface area contributed by atoms with Crippen LogP contribution in [0.3, 0.4) is 0 Å². The summed E-state index contributed by atoms with van der Waals surface area (Å²) in [4.78, 5) is 28.1. The lowest BCUT2D eigenvalue weighted by Crippen LogP contribution is -2.17. The highest BCUT2D eigenvalue weighted by Crippen LogP contribution is 2.33. The van der Waals surface area contributed by atoms with Crippen molar-refractivity contribution in [2.45, 2.75) is 26.2 Å². The van der Waals surface area contributed by atoms with E-state index in [1.807, 2.05) is 6.92 Å². The highest BCUT2D eigenvalue weighted by atomic mass is 35.5. The van der Waals surface area contributed by atoms with Crippen molar-refractivity contribution in [3.05, 3.63) is 69.4 Å². The molecule has 0 spiro atoms. The van der Waals surface area contributed by atoms with Gasteiger partial charge in [-0.3, -0.25) is 9.78 Å². The van der Waals surface area contributed by atoms with Gasteiger partial charge in [0.05, 0.1) is 22.2 Å². The van der Waals surface area contributed by atoms with Crippen molar-refractivity contribution in [3.8, 4) is 0 Å². The van der Waals surface area contributed by atoms with Crippen LogP contribution in [0, 0.1) is 0 Å². The maximum atomic E-state index is 14.4. The molecule has 3 aromatic rings. The van der Waals surface area contributed by atoms with Crippen LogP contribution in [0.1, 0.15) is 31.0 Å². The van der Waals surface area contributed by atoms with Crippen LogP contribution in [0.2, 0.25) is 0 Å². The van der Waals surface area contributed by atoms with Crippen LogP contribution in [0.15, 0.2) is 52.6 Å². The van der Waals surface area contributed by atoms with Gasteiger partial charge >= 0.3 is 0 Å². The first-order valence-electron chi connectivity index (χ1n) is 8.90. The van der Waals surface area contributed by atoms with Gasteiger partial charge in [0.1, 0.15) is 18.0 Å². The summed E-state index contributed by atoms with van der Waals surface area (Å²) in [6.07, 6.45) is 7.50. The van der Waals surface area contributed by atoms with Crippen LogP contribution in [0.5, 0.6) is 0 Å². The number of H-pyrrole nitrogens is 1. The standard InChI is InChI=1S/C20H17ClFN5O/c1-2-16-18(26-19-14-9-23-6-5-17(14)24-10-25-19)8-13(20(28)27-16)12-7-11(21)3-4-15(12)22/h5-10H,2-4H2,1H3,(H,27,28)(H,24,25,26). The fourth-order valence-corrected chi connectivity index (χ4v) is 3.39. The molecule has 0 unspecified atom stereocenters. The minimum Gasteiger partial charge on any atom is -0.338 e. The van der Waals surface area contributed by atoms with Gasteiger partial charge in [-0.25, -0.2) is 14.4 Å². The molecule has 0 amide bonds. The molecule has 6 nitrogen and oxygen atoms in total. The summed E-state index contributed by atoms with van der Waals surface area (Å²) in [5, 5.41) is 4.51. The van der Waals surface area contributed by atoms with Gasteiger partial charge in [-0.15, -0.1) is 0 Å². The molecule has 0 atom stereocenters. The molecule has 2 N–H and O–H groups in total.